The van der Waals surface area contributed by atoms with Crippen molar-refractivity contribution < 1.29 is 9.59 Å². The van der Waals surface area contributed by atoms with Gasteiger partial charge in [-0.2, -0.15) is 0 Å². The fraction of sp³-hybridized carbons (Fsp3) is 0.130. The van der Waals surface area contributed by atoms with Crippen LogP contribution in [-0.4, -0.2) is 26.6 Å². The minimum atomic E-state index is -0.440. The predicted octanol–water partition coefficient (Wildman–Crippen LogP) is 5.81. The molecule has 33 heavy (non-hydrogen) atoms. The summed E-state index contributed by atoms with van der Waals surface area (Å²) in [5, 5.41) is 15.3. The number of rotatable bonds is 6. The fourth-order valence-corrected chi connectivity index (χ4v) is 4.77. The zero-order valence-corrected chi connectivity index (χ0v) is 20.1. The molecule has 2 aromatic carbocycles. The Morgan fingerprint density at radius 2 is 1.67 bits per heavy atom. The highest BCUT2D eigenvalue weighted by Gasteiger charge is 2.23. The molecule has 0 aliphatic rings. The van der Waals surface area contributed by atoms with Crippen LogP contribution in [0, 0.1) is 13.8 Å². The molecule has 0 saturated heterocycles. The van der Waals surface area contributed by atoms with Crippen LogP contribution in [0.2, 0.25) is 10.0 Å². The van der Waals surface area contributed by atoms with Gasteiger partial charge in [0.05, 0.1) is 27.8 Å². The third kappa shape index (κ3) is 4.93. The van der Waals surface area contributed by atoms with Crippen molar-refractivity contribution in [3.8, 4) is 5.00 Å². The second-order valence-electron chi connectivity index (χ2n) is 7.17. The van der Waals surface area contributed by atoms with E-state index in [1.807, 2.05) is 13.0 Å². The van der Waals surface area contributed by atoms with E-state index in [4.69, 9.17) is 23.2 Å². The number of nitrogens with zero attached hydrogens (tertiary/aromatic N) is 3. The number of benzene rings is 2. The lowest BCUT2D eigenvalue weighted by atomic mass is 10.0. The molecule has 0 saturated carbocycles. The normalized spacial score (nSPS) is 10.8. The lowest BCUT2D eigenvalue weighted by Crippen LogP contribution is -2.29. The maximum atomic E-state index is 13.3. The average Bonchev–Trinajstić information content (AvgIpc) is 3.35. The highest BCUT2D eigenvalue weighted by atomic mass is 35.5. The number of ketones is 1. The zero-order chi connectivity index (χ0) is 23.5. The molecule has 2 N–H and O–H groups in total. The number of hydrogen-bond donors (Lipinski definition) is 2. The van der Waals surface area contributed by atoms with E-state index in [1.54, 1.807) is 60.0 Å². The number of carbonyl (C=O) groups is 2. The van der Waals surface area contributed by atoms with Crippen LogP contribution in [0.25, 0.3) is 5.00 Å². The smallest absolute Gasteiger partial charge is 0.319 e. The van der Waals surface area contributed by atoms with Crippen molar-refractivity contribution in [2.75, 3.05) is 5.32 Å². The molecular formula is C23H19Cl2N5O2S. The molecule has 0 radical (unpaired) electrons. The topological polar surface area (TPSA) is 88.9 Å². The van der Waals surface area contributed by atoms with Gasteiger partial charge in [-0.15, -0.1) is 21.5 Å². The first-order valence-corrected chi connectivity index (χ1v) is 11.5. The maximum absolute atomic E-state index is 13.3. The molecule has 4 aromatic rings. The summed E-state index contributed by atoms with van der Waals surface area (Å²) < 4.78 is 1.78. The van der Waals surface area contributed by atoms with E-state index in [-0.39, 0.29) is 12.3 Å². The van der Waals surface area contributed by atoms with Crippen LogP contribution in [0.1, 0.15) is 32.4 Å². The number of nitrogens with one attached hydrogen (secondary N) is 2. The highest BCUT2D eigenvalue weighted by molar-refractivity contribution is 7.15. The Labute approximate surface area is 204 Å². The second-order valence-corrected chi connectivity index (χ2v) is 9.22. The molecule has 168 valence electrons. The van der Waals surface area contributed by atoms with Gasteiger partial charge in [0.1, 0.15) is 10.8 Å². The summed E-state index contributed by atoms with van der Waals surface area (Å²) in [6, 6.07) is 15.3. The third-order valence-electron chi connectivity index (χ3n) is 4.82. The molecule has 0 aliphatic carbocycles. The molecule has 0 spiro atoms. The largest absolute Gasteiger partial charge is 0.331 e. The Balaban J connectivity index is 1.60. The first-order valence-electron chi connectivity index (χ1n) is 9.95. The van der Waals surface area contributed by atoms with Crippen molar-refractivity contribution in [1.82, 2.24) is 20.1 Å². The van der Waals surface area contributed by atoms with Gasteiger partial charge >= 0.3 is 6.03 Å². The predicted molar refractivity (Wildman–Crippen MR) is 131 cm³/mol. The molecule has 10 heteroatoms. The van der Waals surface area contributed by atoms with Crippen molar-refractivity contribution >= 4 is 52.0 Å². The van der Waals surface area contributed by atoms with Crippen LogP contribution < -0.4 is 10.6 Å². The molecule has 0 aliphatic heterocycles. The highest BCUT2D eigenvalue weighted by Crippen LogP contribution is 2.31. The number of aryl methyl sites for hydroxylation is 2. The lowest BCUT2D eigenvalue weighted by molar-refractivity contribution is 0.103. The van der Waals surface area contributed by atoms with Gasteiger partial charge in [0.25, 0.3) is 0 Å². The molecule has 4 rings (SSSR count). The summed E-state index contributed by atoms with van der Waals surface area (Å²) in [4.78, 5) is 26.6. The van der Waals surface area contributed by atoms with Crippen molar-refractivity contribution in [1.29, 1.82) is 0 Å². The number of aromatic nitrogens is 3. The number of thiophene rings is 1. The summed E-state index contributed by atoms with van der Waals surface area (Å²) in [5.74, 6) is 0.883. The number of para-hydroxylation sites is 1. The third-order valence-corrected chi connectivity index (χ3v) is 6.52. The first-order chi connectivity index (χ1) is 15.8. The van der Waals surface area contributed by atoms with Crippen LogP contribution in [0.15, 0.2) is 54.6 Å². The van der Waals surface area contributed by atoms with E-state index in [0.717, 1.165) is 4.88 Å². The lowest BCUT2D eigenvalue weighted by Gasteiger charge is -2.11. The Kier molecular flexibility index (Phi) is 6.78. The van der Waals surface area contributed by atoms with Crippen molar-refractivity contribution in [2.45, 2.75) is 20.4 Å². The van der Waals surface area contributed by atoms with Gasteiger partial charge in [-0.25, -0.2) is 4.79 Å². The van der Waals surface area contributed by atoms with Crippen LogP contribution in [-0.2, 0) is 6.54 Å². The van der Waals surface area contributed by atoms with E-state index < -0.39 is 6.03 Å². The molecule has 0 bridgehead atoms. The Hall–Kier alpha value is -3.20. The molecule has 7 nitrogen and oxygen atoms in total. The van der Waals surface area contributed by atoms with Crippen molar-refractivity contribution in [3.05, 3.63) is 92.3 Å². The number of carbonyl (C=O) groups excluding carboxylic acids is 2. The average molecular weight is 500 g/mol. The van der Waals surface area contributed by atoms with E-state index in [0.29, 0.717) is 43.5 Å². The summed E-state index contributed by atoms with van der Waals surface area (Å²) in [6.07, 6.45) is 0. The number of urea groups is 1. The van der Waals surface area contributed by atoms with Gasteiger partial charge in [0.2, 0.25) is 0 Å². The van der Waals surface area contributed by atoms with Gasteiger partial charge in [-0.1, -0.05) is 47.5 Å². The van der Waals surface area contributed by atoms with Crippen LogP contribution in [0.3, 0.4) is 0 Å². The van der Waals surface area contributed by atoms with Crippen molar-refractivity contribution in [2.24, 2.45) is 0 Å². The van der Waals surface area contributed by atoms with Gasteiger partial charge < -0.3 is 10.6 Å². The van der Waals surface area contributed by atoms with Gasteiger partial charge in [-0.05, 0) is 44.2 Å². The molecular weight excluding hydrogens is 481 g/mol. The van der Waals surface area contributed by atoms with E-state index in [1.165, 1.54) is 11.3 Å². The first kappa shape index (κ1) is 23.0. The molecule has 0 fully saturated rings. The Bertz CT molecular complexity index is 1350. The molecule has 2 heterocycles. The van der Waals surface area contributed by atoms with Gasteiger partial charge in [-0.3, -0.25) is 9.36 Å². The molecule has 2 aromatic heterocycles. The standard InChI is InChI=1S/C23H19Cl2N5O2S/c1-13-11-16(21(31)15-7-3-4-8-17(15)24)22(33-13)30-14(2)28-29-20(30)12-26-23(32)27-19-10-6-5-9-18(19)25/h3-11H,12H2,1-2H3,(H2,26,27,32). The quantitative estimate of drug-likeness (QED) is 0.327. The number of anilines is 1. The fourth-order valence-electron chi connectivity index (χ4n) is 3.29. The van der Waals surface area contributed by atoms with Crippen molar-refractivity contribution in [3.63, 3.8) is 0 Å². The van der Waals surface area contributed by atoms with Crippen LogP contribution in [0.4, 0.5) is 10.5 Å². The molecule has 0 atom stereocenters. The number of halogens is 2. The monoisotopic (exact) mass is 499 g/mol. The minimum absolute atomic E-state index is 0.0911. The minimum Gasteiger partial charge on any atom is -0.331 e. The summed E-state index contributed by atoms with van der Waals surface area (Å²) in [7, 11) is 0. The molecule has 0 unspecified atom stereocenters. The van der Waals surface area contributed by atoms with Gasteiger partial charge in [0.15, 0.2) is 11.6 Å². The second kappa shape index (κ2) is 9.74. The summed E-state index contributed by atoms with van der Waals surface area (Å²) in [6.45, 7) is 3.80. The Morgan fingerprint density at radius 1 is 0.970 bits per heavy atom. The SMILES string of the molecule is Cc1cc(C(=O)c2ccccc2Cl)c(-n2c(C)nnc2CNC(=O)Nc2ccccc2Cl)s1. The van der Waals surface area contributed by atoms with Crippen LogP contribution in [0.5, 0.6) is 0 Å². The van der Waals surface area contributed by atoms with E-state index >= 15 is 0 Å². The van der Waals surface area contributed by atoms with E-state index in [2.05, 4.69) is 20.8 Å². The summed E-state index contributed by atoms with van der Waals surface area (Å²) in [5.41, 5.74) is 1.41. The summed E-state index contributed by atoms with van der Waals surface area (Å²) >= 11 is 13.8. The number of hydrogen-bond acceptors (Lipinski definition) is 5. The van der Waals surface area contributed by atoms with Gasteiger partial charge in [0, 0.05) is 10.4 Å². The number of amides is 2. The maximum Gasteiger partial charge on any atom is 0.319 e. The van der Waals surface area contributed by atoms with E-state index in [9.17, 15) is 9.59 Å². The zero-order valence-electron chi connectivity index (χ0n) is 17.7. The van der Waals surface area contributed by atoms with Crippen LogP contribution >= 0.6 is 34.5 Å². The molecule has 2 amide bonds. The Morgan fingerprint density at radius 3 is 2.39 bits per heavy atom.